The summed E-state index contributed by atoms with van der Waals surface area (Å²) in [5.41, 5.74) is 7.56. The van der Waals surface area contributed by atoms with Gasteiger partial charge in [0.05, 0.1) is 39.7 Å². The molecule has 0 saturated carbocycles. The molecule has 31 heavy (non-hydrogen) atoms. The van der Waals surface area contributed by atoms with Crippen LogP contribution < -0.4 is 5.32 Å². The Bertz CT molecular complexity index is 1280. The highest BCUT2D eigenvalue weighted by Crippen LogP contribution is 2.26. The summed E-state index contributed by atoms with van der Waals surface area (Å²) in [5, 5.41) is 7.66. The Hall–Kier alpha value is -3.25. The van der Waals surface area contributed by atoms with Gasteiger partial charge in [0, 0.05) is 10.0 Å². The summed E-state index contributed by atoms with van der Waals surface area (Å²) in [6.45, 7) is 7.76. The minimum absolute atomic E-state index is 0.194. The van der Waals surface area contributed by atoms with E-state index in [1.165, 1.54) is 5.56 Å². The fraction of sp³-hybridized carbons (Fsp3) is 0.160. The molecule has 0 atom stereocenters. The van der Waals surface area contributed by atoms with Crippen LogP contribution in [0.25, 0.3) is 16.9 Å². The van der Waals surface area contributed by atoms with E-state index in [0.29, 0.717) is 11.3 Å². The molecule has 1 N–H and O–H groups in total. The lowest BCUT2D eigenvalue weighted by Crippen LogP contribution is -2.15. The highest BCUT2D eigenvalue weighted by atomic mass is 79.9. The largest absolute Gasteiger partial charge is 0.319 e. The van der Waals surface area contributed by atoms with Crippen LogP contribution in [0.2, 0.25) is 0 Å². The molecule has 0 aliphatic rings. The highest BCUT2D eigenvalue weighted by Gasteiger charge is 2.18. The predicted molar refractivity (Wildman–Crippen MR) is 128 cm³/mol. The second-order valence-electron chi connectivity index (χ2n) is 7.59. The third kappa shape index (κ3) is 4.30. The first-order valence-corrected chi connectivity index (χ1v) is 10.8. The summed E-state index contributed by atoms with van der Waals surface area (Å²) >= 11 is 3.49. The standard InChI is InChI=1S/C25H23BrN4O/c1-15-8-10-21(11-9-15)30-18(4)24(17(3)29-30)28-25(31)22-12-13-23(27-16(22)2)19-6-5-7-20(26)14-19/h5-14H,1-4H3,(H,28,31). The zero-order valence-electron chi connectivity index (χ0n) is 17.9. The molecule has 4 rings (SSSR count). The third-order valence-corrected chi connectivity index (χ3v) is 5.75. The molecule has 2 heterocycles. The SMILES string of the molecule is Cc1ccc(-n2nc(C)c(NC(=O)c3ccc(-c4cccc(Br)c4)nc3C)c2C)cc1. The Labute approximate surface area is 190 Å². The number of rotatable bonds is 4. The highest BCUT2D eigenvalue weighted by molar-refractivity contribution is 9.10. The van der Waals surface area contributed by atoms with E-state index in [4.69, 9.17) is 0 Å². The fourth-order valence-electron chi connectivity index (χ4n) is 3.55. The van der Waals surface area contributed by atoms with E-state index in [0.717, 1.165) is 38.5 Å². The van der Waals surface area contributed by atoms with Crippen LogP contribution >= 0.6 is 15.9 Å². The Morgan fingerprint density at radius 2 is 1.68 bits per heavy atom. The number of anilines is 1. The van der Waals surface area contributed by atoms with Gasteiger partial charge in [-0.3, -0.25) is 9.78 Å². The van der Waals surface area contributed by atoms with E-state index in [1.54, 1.807) is 0 Å². The van der Waals surface area contributed by atoms with Gasteiger partial charge >= 0.3 is 0 Å². The van der Waals surface area contributed by atoms with Gasteiger partial charge in [0.25, 0.3) is 5.91 Å². The average molecular weight is 475 g/mol. The van der Waals surface area contributed by atoms with Gasteiger partial charge in [-0.15, -0.1) is 0 Å². The van der Waals surface area contributed by atoms with E-state index >= 15 is 0 Å². The fourth-order valence-corrected chi connectivity index (χ4v) is 3.95. The molecule has 2 aromatic carbocycles. The van der Waals surface area contributed by atoms with Gasteiger partial charge < -0.3 is 5.32 Å². The molecule has 2 aromatic heterocycles. The lowest BCUT2D eigenvalue weighted by Gasteiger charge is -2.10. The molecule has 6 heteroatoms. The lowest BCUT2D eigenvalue weighted by molar-refractivity contribution is 0.102. The van der Waals surface area contributed by atoms with Gasteiger partial charge in [-0.05, 0) is 64.1 Å². The van der Waals surface area contributed by atoms with Crippen molar-refractivity contribution in [1.29, 1.82) is 0 Å². The molecule has 0 spiro atoms. The number of aryl methyl sites for hydroxylation is 3. The Morgan fingerprint density at radius 1 is 0.935 bits per heavy atom. The van der Waals surface area contributed by atoms with Gasteiger partial charge in [-0.2, -0.15) is 5.10 Å². The molecule has 1 amide bonds. The van der Waals surface area contributed by atoms with Crippen LogP contribution in [0, 0.1) is 27.7 Å². The van der Waals surface area contributed by atoms with Crippen LogP contribution in [-0.4, -0.2) is 20.7 Å². The molecule has 5 nitrogen and oxygen atoms in total. The number of amides is 1. The number of hydrogen-bond acceptors (Lipinski definition) is 3. The second kappa shape index (κ2) is 8.47. The Balaban J connectivity index is 1.61. The Kier molecular flexibility index (Phi) is 5.74. The first kappa shape index (κ1) is 21.0. The van der Waals surface area contributed by atoms with Crippen molar-refractivity contribution in [1.82, 2.24) is 14.8 Å². The Morgan fingerprint density at radius 3 is 2.35 bits per heavy atom. The normalized spacial score (nSPS) is 10.9. The van der Waals surface area contributed by atoms with E-state index < -0.39 is 0 Å². The molecule has 0 aliphatic heterocycles. The zero-order valence-corrected chi connectivity index (χ0v) is 19.5. The van der Waals surface area contributed by atoms with Crippen LogP contribution in [-0.2, 0) is 0 Å². The molecule has 0 bridgehead atoms. The number of nitrogens with one attached hydrogen (secondary N) is 1. The average Bonchev–Trinajstić information content (AvgIpc) is 3.02. The van der Waals surface area contributed by atoms with E-state index in [2.05, 4.69) is 38.3 Å². The maximum atomic E-state index is 13.0. The van der Waals surface area contributed by atoms with Crippen LogP contribution in [0.3, 0.4) is 0 Å². The number of nitrogens with zero attached hydrogens (tertiary/aromatic N) is 3. The van der Waals surface area contributed by atoms with Crippen molar-refractivity contribution in [3.63, 3.8) is 0 Å². The lowest BCUT2D eigenvalue weighted by atomic mass is 10.1. The number of carbonyl (C=O) groups is 1. The van der Waals surface area contributed by atoms with Crippen LogP contribution in [0.5, 0.6) is 0 Å². The quantitative estimate of drug-likeness (QED) is 0.383. The van der Waals surface area contributed by atoms with Crippen LogP contribution in [0.15, 0.2) is 65.1 Å². The van der Waals surface area contributed by atoms with E-state index in [9.17, 15) is 4.79 Å². The molecule has 0 fully saturated rings. The number of pyridine rings is 1. The number of hydrogen-bond donors (Lipinski definition) is 1. The van der Waals surface area contributed by atoms with Crippen LogP contribution in [0.1, 0.15) is 33.0 Å². The molecule has 0 saturated heterocycles. The van der Waals surface area contributed by atoms with E-state index in [-0.39, 0.29) is 5.91 Å². The summed E-state index contributed by atoms with van der Waals surface area (Å²) < 4.78 is 2.84. The van der Waals surface area contributed by atoms with Gasteiger partial charge in [-0.1, -0.05) is 45.8 Å². The second-order valence-corrected chi connectivity index (χ2v) is 8.50. The molecule has 4 aromatic rings. The predicted octanol–water partition coefficient (Wildman–Crippen LogP) is 6.18. The van der Waals surface area contributed by atoms with Crippen molar-refractivity contribution >= 4 is 27.5 Å². The monoisotopic (exact) mass is 474 g/mol. The number of halogens is 1. The van der Waals surface area contributed by atoms with E-state index in [1.807, 2.05) is 86.1 Å². The zero-order chi connectivity index (χ0) is 22.1. The summed E-state index contributed by atoms with van der Waals surface area (Å²) in [4.78, 5) is 17.7. The summed E-state index contributed by atoms with van der Waals surface area (Å²) in [6, 6.07) is 19.8. The minimum atomic E-state index is -0.194. The smallest absolute Gasteiger partial charge is 0.257 e. The van der Waals surface area contributed by atoms with Crippen molar-refractivity contribution in [2.45, 2.75) is 27.7 Å². The first-order valence-electron chi connectivity index (χ1n) is 10.0. The topological polar surface area (TPSA) is 59.8 Å². The van der Waals surface area contributed by atoms with Crippen molar-refractivity contribution in [2.75, 3.05) is 5.32 Å². The maximum Gasteiger partial charge on any atom is 0.257 e. The minimum Gasteiger partial charge on any atom is -0.319 e. The van der Waals surface area contributed by atoms with Gasteiger partial charge in [0.1, 0.15) is 0 Å². The summed E-state index contributed by atoms with van der Waals surface area (Å²) in [6.07, 6.45) is 0. The van der Waals surface area contributed by atoms with Gasteiger partial charge in [-0.25, -0.2) is 4.68 Å². The molecular weight excluding hydrogens is 452 g/mol. The molecule has 0 radical (unpaired) electrons. The van der Waals surface area contributed by atoms with Crippen molar-refractivity contribution in [3.05, 3.63) is 93.3 Å². The third-order valence-electron chi connectivity index (χ3n) is 5.26. The molecule has 0 unspecified atom stereocenters. The van der Waals surface area contributed by atoms with Crippen LogP contribution in [0.4, 0.5) is 5.69 Å². The van der Waals surface area contributed by atoms with Gasteiger partial charge in [0.15, 0.2) is 0 Å². The number of benzene rings is 2. The molecule has 156 valence electrons. The summed E-state index contributed by atoms with van der Waals surface area (Å²) in [7, 11) is 0. The molecular formula is C25H23BrN4O. The maximum absolute atomic E-state index is 13.0. The number of carbonyl (C=O) groups excluding carboxylic acids is 1. The van der Waals surface area contributed by atoms with Gasteiger partial charge in [0.2, 0.25) is 0 Å². The first-order chi connectivity index (χ1) is 14.8. The molecule has 0 aliphatic carbocycles. The summed E-state index contributed by atoms with van der Waals surface area (Å²) in [5.74, 6) is -0.194. The van der Waals surface area contributed by atoms with Crippen molar-refractivity contribution < 1.29 is 4.79 Å². The number of aromatic nitrogens is 3. The van der Waals surface area contributed by atoms with Crippen molar-refractivity contribution in [3.8, 4) is 16.9 Å². The van der Waals surface area contributed by atoms with Crippen molar-refractivity contribution in [2.24, 2.45) is 0 Å².